The molecule has 2 aromatic rings. The second kappa shape index (κ2) is 4.93. The van der Waals surface area contributed by atoms with E-state index in [0.717, 1.165) is 6.42 Å². The molecule has 2 aromatic carbocycles. The van der Waals surface area contributed by atoms with Crippen LogP contribution in [0.3, 0.4) is 0 Å². The summed E-state index contributed by atoms with van der Waals surface area (Å²) in [4.78, 5) is 0. The topological polar surface area (TPSA) is 12.0 Å². The van der Waals surface area contributed by atoms with E-state index < -0.39 is 0 Å². The van der Waals surface area contributed by atoms with E-state index in [-0.39, 0.29) is 0 Å². The molecular weight excluding hydrogens is 230 g/mol. The third kappa shape index (κ3) is 2.06. The minimum atomic E-state index is 0.481. The Hall–Kier alpha value is -2.02. The molecule has 0 bridgehead atoms. The maximum absolute atomic E-state index is 3.36. The molecule has 1 N–H and O–H groups in total. The van der Waals surface area contributed by atoms with Crippen LogP contribution >= 0.6 is 0 Å². The van der Waals surface area contributed by atoms with Gasteiger partial charge in [-0.15, -0.1) is 0 Å². The first-order valence-corrected chi connectivity index (χ1v) is 6.83. The fourth-order valence-electron chi connectivity index (χ4n) is 3.11. The molecule has 0 heterocycles. The maximum atomic E-state index is 3.36. The molecule has 1 atom stereocenters. The van der Waals surface area contributed by atoms with Crippen LogP contribution in [0.2, 0.25) is 0 Å². The molecule has 0 radical (unpaired) electrons. The lowest BCUT2D eigenvalue weighted by Gasteiger charge is -2.29. The van der Waals surface area contributed by atoms with Crippen LogP contribution in [0.4, 0.5) is 0 Å². The van der Waals surface area contributed by atoms with Crippen LogP contribution in [0.15, 0.2) is 60.2 Å². The summed E-state index contributed by atoms with van der Waals surface area (Å²) in [7, 11) is 2.01. The summed E-state index contributed by atoms with van der Waals surface area (Å²) in [5.74, 6) is 0.481. The van der Waals surface area contributed by atoms with Gasteiger partial charge in [0.15, 0.2) is 0 Å². The Bertz CT molecular complexity index is 611. The summed E-state index contributed by atoms with van der Waals surface area (Å²) in [5.41, 5.74) is 6.92. The number of hydrogen-bond donors (Lipinski definition) is 1. The van der Waals surface area contributed by atoms with Gasteiger partial charge in [0, 0.05) is 24.2 Å². The molecule has 0 fully saturated rings. The molecule has 0 aromatic heterocycles. The standard InChI is InChI=1S/C18H19N/c1-13-12-17(14-8-4-3-5-9-14)15-10-6-7-11-16(15)18(13)19-2/h3-11,17,19H,12H2,1-2H3. The van der Waals surface area contributed by atoms with E-state index in [4.69, 9.17) is 0 Å². The molecule has 0 amide bonds. The molecule has 0 spiro atoms. The highest BCUT2D eigenvalue weighted by Crippen LogP contribution is 2.40. The van der Waals surface area contributed by atoms with Crippen molar-refractivity contribution in [2.24, 2.45) is 0 Å². The van der Waals surface area contributed by atoms with E-state index in [1.165, 1.54) is 28.0 Å². The van der Waals surface area contributed by atoms with Crippen LogP contribution in [0, 0.1) is 0 Å². The average Bonchev–Trinajstić information content (AvgIpc) is 2.47. The van der Waals surface area contributed by atoms with E-state index in [1.807, 2.05) is 7.05 Å². The van der Waals surface area contributed by atoms with Crippen molar-refractivity contribution in [3.05, 3.63) is 76.9 Å². The minimum Gasteiger partial charge on any atom is -0.388 e. The van der Waals surface area contributed by atoms with Crippen molar-refractivity contribution >= 4 is 5.70 Å². The van der Waals surface area contributed by atoms with Gasteiger partial charge in [0.25, 0.3) is 0 Å². The molecule has 1 aliphatic rings. The monoisotopic (exact) mass is 249 g/mol. The highest BCUT2D eigenvalue weighted by molar-refractivity contribution is 5.73. The van der Waals surface area contributed by atoms with E-state index in [0.29, 0.717) is 5.92 Å². The smallest absolute Gasteiger partial charge is 0.0403 e. The second-order valence-corrected chi connectivity index (χ2v) is 5.16. The summed E-state index contributed by atoms with van der Waals surface area (Å²) in [6.45, 7) is 2.23. The Balaban J connectivity index is 2.14. The third-order valence-electron chi connectivity index (χ3n) is 3.99. The normalized spacial score (nSPS) is 18.1. The lowest BCUT2D eigenvalue weighted by molar-refractivity contribution is 0.769. The van der Waals surface area contributed by atoms with Crippen molar-refractivity contribution in [1.29, 1.82) is 0 Å². The third-order valence-corrected chi connectivity index (χ3v) is 3.99. The number of fused-ring (bicyclic) bond motifs is 1. The van der Waals surface area contributed by atoms with Crippen LogP contribution in [0.5, 0.6) is 0 Å². The molecule has 3 rings (SSSR count). The summed E-state index contributed by atoms with van der Waals surface area (Å²) >= 11 is 0. The Kier molecular flexibility index (Phi) is 3.12. The van der Waals surface area contributed by atoms with Crippen LogP contribution in [0.25, 0.3) is 5.70 Å². The molecule has 96 valence electrons. The first-order valence-electron chi connectivity index (χ1n) is 6.83. The fraction of sp³-hybridized carbons (Fsp3) is 0.222. The van der Waals surface area contributed by atoms with Crippen LogP contribution < -0.4 is 5.32 Å². The summed E-state index contributed by atoms with van der Waals surface area (Å²) in [6, 6.07) is 19.6. The molecule has 0 aliphatic heterocycles. The molecule has 1 aliphatic carbocycles. The van der Waals surface area contributed by atoms with Crippen molar-refractivity contribution in [3.63, 3.8) is 0 Å². The van der Waals surface area contributed by atoms with Gasteiger partial charge in [0.1, 0.15) is 0 Å². The zero-order valence-electron chi connectivity index (χ0n) is 11.5. The second-order valence-electron chi connectivity index (χ2n) is 5.16. The highest BCUT2D eigenvalue weighted by atomic mass is 14.8. The Morgan fingerprint density at radius 2 is 1.63 bits per heavy atom. The molecule has 0 saturated heterocycles. The molecule has 1 nitrogen and oxygen atoms in total. The Labute approximate surface area is 115 Å². The van der Waals surface area contributed by atoms with Crippen molar-refractivity contribution < 1.29 is 0 Å². The fourth-order valence-corrected chi connectivity index (χ4v) is 3.11. The first-order chi connectivity index (χ1) is 9.31. The largest absolute Gasteiger partial charge is 0.388 e. The van der Waals surface area contributed by atoms with Gasteiger partial charge in [-0.1, -0.05) is 54.6 Å². The van der Waals surface area contributed by atoms with Crippen molar-refractivity contribution in [2.75, 3.05) is 7.05 Å². The van der Waals surface area contributed by atoms with Crippen molar-refractivity contribution in [3.8, 4) is 0 Å². The maximum Gasteiger partial charge on any atom is 0.0403 e. The first kappa shape index (κ1) is 12.0. The molecule has 0 saturated carbocycles. The minimum absolute atomic E-state index is 0.481. The lowest BCUT2D eigenvalue weighted by atomic mass is 9.78. The van der Waals surface area contributed by atoms with Gasteiger partial charge in [-0.3, -0.25) is 0 Å². The quantitative estimate of drug-likeness (QED) is 0.842. The Morgan fingerprint density at radius 3 is 2.37 bits per heavy atom. The zero-order chi connectivity index (χ0) is 13.2. The van der Waals surface area contributed by atoms with Gasteiger partial charge < -0.3 is 5.32 Å². The van der Waals surface area contributed by atoms with Crippen molar-refractivity contribution in [1.82, 2.24) is 5.32 Å². The number of allylic oxidation sites excluding steroid dienone is 1. The summed E-state index contributed by atoms with van der Waals surface area (Å²) in [6.07, 6.45) is 1.09. The molecular formula is C18H19N. The summed E-state index contributed by atoms with van der Waals surface area (Å²) < 4.78 is 0. The number of rotatable bonds is 2. The molecule has 1 heteroatoms. The van der Waals surface area contributed by atoms with E-state index in [9.17, 15) is 0 Å². The zero-order valence-corrected chi connectivity index (χ0v) is 11.5. The van der Waals surface area contributed by atoms with Gasteiger partial charge in [-0.2, -0.15) is 0 Å². The van der Waals surface area contributed by atoms with Gasteiger partial charge >= 0.3 is 0 Å². The molecule has 1 unspecified atom stereocenters. The van der Waals surface area contributed by atoms with E-state index >= 15 is 0 Å². The van der Waals surface area contributed by atoms with Gasteiger partial charge in [0.05, 0.1) is 0 Å². The predicted molar refractivity (Wildman–Crippen MR) is 81.0 cm³/mol. The van der Waals surface area contributed by atoms with Gasteiger partial charge in [-0.25, -0.2) is 0 Å². The number of nitrogens with one attached hydrogen (secondary N) is 1. The molecule has 19 heavy (non-hydrogen) atoms. The summed E-state index contributed by atoms with van der Waals surface area (Å²) in [5, 5.41) is 3.36. The van der Waals surface area contributed by atoms with Crippen molar-refractivity contribution in [2.45, 2.75) is 19.3 Å². The van der Waals surface area contributed by atoms with Gasteiger partial charge in [-0.05, 0) is 30.0 Å². The predicted octanol–water partition coefficient (Wildman–Crippen LogP) is 4.17. The number of hydrogen-bond acceptors (Lipinski definition) is 1. The number of benzene rings is 2. The van der Waals surface area contributed by atoms with E-state index in [2.05, 4.69) is 66.8 Å². The lowest BCUT2D eigenvalue weighted by Crippen LogP contribution is -2.17. The highest BCUT2D eigenvalue weighted by Gasteiger charge is 2.24. The average molecular weight is 249 g/mol. The van der Waals surface area contributed by atoms with Gasteiger partial charge in [0.2, 0.25) is 0 Å². The van der Waals surface area contributed by atoms with E-state index in [1.54, 1.807) is 0 Å². The van der Waals surface area contributed by atoms with Crippen LogP contribution in [-0.4, -0.2) is 7.05 Å². The van der Waals surface area contributed by atoms with Crippen LogP contribution in [-0.2, 0) is 0 Å². The van der Waals surface area contributed by atoms with Crippen LogP contribution in [0.1, 0.15) is 36.0 Å². The SMILES string of the molecule is CNC1=C(C)CC(c2ccccc2)c2ccccc21. The Morgan fingerprint density at radius 1 is 0.947 bits per heavy atom.